The summed E-state index contributed by atoms with van der Waals surface area (Å²) in [6.07, 6.45) is -4.45. The molecule has 0 aliphatic carbocycles. The van der Waals surface area contributed by atoms with Gasteiger partial charge in [-0.25, -0.2) is 23.1 Å². The maximum Gasteiger partial charge on any atom is 0.417 e. The third-order valence-electron chi connectivity index (χ3n) is 4.75. The molecule has 0 spiro atoms. The van der Waals surface area contributed by atoms with Crippen molar-refractivity contribution >= 4 is 16.0 Å². The van der Waals surface area contributed by atoms with Gasteiger partial charge in [-0.15, -0.1) is 0 Å². The van der Waals surface area contributed by atoms with E-state index in [1.54, 1.807) is 62.4 Å². The first-order valence-corrected chi connectivity index (χ1v) is 12.4. The second-order valence-corrected chi connectivity index (χ2v) is 9.67. The largest absolute Gasteiger partial charge is 0.474 e. The Kier molecular flexibility index (Phi) is 7.30. The lowest BCUT2D eigenvalue weighted by atomic mass is 10.1. The lowest BCUT2D eigenvalue weighted by Crippen LogP contribution is -2.16. The van der Waals surface area contributed by atoms with Crippen LogP contribution in [0.3, 0.4) is 0 Å². The molecular weight excluding hydrogens is 509 g/mol. The SMILES string of the molecule is CC(C)Oc1ncc(C(F)(F)F)cc1-c1cc(Oc2ccccc2)nc(NS(=O)(=O)c2ccccc2)n1. The van der Waals surface area contributed by atoms with Crippen molar-refractivity contribution in [2.75, 3.05) is 4.72 Å². The van der Waals surface area contributed by atoms with Crippen LogP contribution >= 0.6 is 0 Å². The van der Waals surface area contributed by atoms with Crippen LogP contribution in [0, 0.1) is 0 Å². The summed E-state index contributed by atoms with van der Waals surface area (Å²) < 4.78 is 79.9. The first kappa shape index (κ1) is 25.9. The van der Waals surface area contributed by atoms with Crippen LogP contribution < -0.4 is 14.2 Å². The van der Waals surface area contributed by atoms with E-state index in [4.69, 9.17) is 9.47 Å². The fourth-order valence-electron chi connectivity index (χ4n) is 3.16. The fraction of sp³-hybridized carbons (Fsp3) is 0.160. The minimum Gasteiger partial charge on any atom is -0.474 e. The van der Waals surface area contributed by atoms with Crippen molar-refractivity contribution in [2.45, 2.75) is 31.0 Å². The molecule has 0 aliphatic heterocycles. The van der Waals surface area contributed by atoms with Crippen molar-refractivity contribution in [3.8, 4) is 28.8 Å². The molecule has 0 fully saturated rings. The molecule has 2 aromatic heterocycles. The zero-order valence-electron chi connectivity index (χ0n) is 19.6. The third kappa shape index (κ3) is 6.53. The predicted molar refractivity (Wildman–Crippen MR) is 130 cm³/mol. The molecule has 1 N–H and O–H groups in total. The summed E-state index contributed by atoms with van der Waals surface area (Å²) in [5.41, 5.74) is -1.25. The van der Waals surface area contributed by atoms with E-state index < -0.39 is 33.8 Å². The van der Waals surface area contributed by atoms with Crippen LogP contribution in [-0.4, -0.2) is 29.5 Å². The molecule has 12 heteroatoms. The second-order valence-electron chi connectivity index (χ2n) is 7.99. The number of para-hydroxylation sites is 1. The van der Waals surface area contributed by atoms with E-state index in [0.717, 1.165) is 6.07 Å². The van der Waals surface area contributed by atoms with Crippen LogP contribution in [-0.2, 0) is 16.2 Å². The molecule has 4 aromatic rings. The first-order valence-electron chi connectivity index (χ1n) is 11.0. The maximum atomic E-state index is 13.5. The molecule has 0 aliphatic rings. The van der Waals surface area contributed by atoms with E-state index in [0.29, 0.717) is 11.9 Å². The van der Waals surface area contributed by atoms with Gasteiger partial charge >= 0.3 is 6.18 Å². The minimum atomic E-state index is -4.69. The van der Waals surface area contributed by atoms with Crippen molar-refractivity contribution < 1.29 is 31.1 Å². The number of halogens is 3. The van der Waals surface area contributed by atoms with Gasteiger partial charge in [0.05, 0.1) is 27.8 Å². The average Bonchev–Trinajstić information content (AvgIpc) is 2.84. The van der Waals surface area contributed by atoms with Gasteiger partial charge in [-0.05, 0) is 44.2 Å². The highest BCUT2D eigenvalue weighted by atomic mass is 32.2. The number of hydrogen-bond donors (Lipinski definition) is 1. The van der Waals surface area contributed by atoms with Crippen LogP contribution in [0.2, 0.25) is 0 Å². The number of aromatic nitrogens is 3. The van der Waals surface area contributed by atoms with Crippen molar-refractivity contribution in [3.63, 3.8) is 0 Å². The molecular formula is C25H21F3N4O4S. The highest BCUT2D eigenvalue weighted by Gasteiger charge is 2.32. The minimum absolute atomic E-state index is 0.0564. The number of ether oxygens (including phenoxy) is 2. The molecule has 0 bridgehead atoms. The summed E-state index contributed by atoms with van der Waals surface area (Å²) in [4.78, 5) is 12.1. The lowest BCUT2D eigenvalue weighted by Gasteiger charge is -2.16. The van der Waals surface area contributed by atoms with Crippen molar-refractivity contribution in [1.29, 1.82) is 0 Å². The Hall–Kier alpha value is -4.19. The molecule has 8 nitrogen and oxygen atoms in total. The van der Waals surface area contributed by atoms with Crippen molar-refractivity contribution in [2.24, 2.45) is 0 Å². The van der Waals surface area contributed by atoms with Crippen LogP contribution in [0.4, 0.5) is 19.1 Å². The number of anilines is 1. The van der Waals surface area contributed by atoms with E-state index >= 15 is 0 Å². The number of pyridine rings is 1. The Labute approximate surface area is 211 Å². The number of sulfonamides is 1. The summed E-state index contributed by atoms with van der Waals surface area (Å²) in [5.74, 6) is -0.288. The normalized spacial score (nSPS) is 11.8. The highest BCUT2D eigenvalue weighted by molar-refractivity contribution is 7.92. The molecule has 0 atom stereocenters. The van der Waals surface area contributed by atoms with Crippen molar-refractivity contribution in [1.82, 2.24) is 15.0 Å². The predicted octanol–water partition coefficient (Wildman–Crippen LogP) is 5.94. The summed E-state index contributed by atoms with van der Waals surface area (Å²) in [6.45, 7) is 3.37. The number of rotatable bonds is 8. The number of alkyl halides is 3. The Balaban J connectivity index is 1.86. The van der Waals surface area contributed by atoms with Gasteiger partial charge in [-0.1, -0.05) is 36.4 Å². The summed E-state index contributed by atoms with van der Waals surface area (Å²) in [6, 6.07) is 18.0. The van der Waals surface area contributed by atoms with E-state index in [9.17, 15) is 21.6 Å². The molecule has 0 saturated heterocycles. The Morgan fingerprint density at radius 2 is 1.57 bits per heavy atom. The van der Waals surface area contributed by atoms with Gasteiger partial charge in [0.15, 0.2) is 0 Å². The van der Waals surface area contributed by atoms with Crippen LogP contribution in [0.25, 0.3) is 11.3 Å². The van der Waals surface area contributed by atoms with E-state index in [1.165, 1.54) is 18.2 Å². The molecule has 0 radical (unpaired) electrons. The molecule has 0 amide bonds. The lowest BCUT2D eigenvalue weighted by molar-refractivity contribution is -0.137. The van der Waals surface area contributed by atoms with E-state index in [2.05, 4.69) is 19.7 Å². The molecule has 4 rings (SSSR count). The van der Waals surface area contributed by atoms with Gasteiger partial charge in [0.1, 0.15) is 5.75 Å². The first-order chi connectivity index (χ1) is 17.5. The number of hydrogen-bond acceptors (Lipinski definition) is 7. The fourth-order valence-corrected chi connectivity index (χ4v) is 4.12. The Morgan fingerprint density at radius 3 is 2.19 bits per heavy atom. The average molecular weight is 531 g/mol. The molecule has 192 valence electrons. The van der Waals surface area contributed by atoms with Gasteiger partial charge in [-0.2, -0.15) is 18.2 Å². The van der Waals surface area contributed by atoms with Crippen LogP contribution in [0.1, 0.15) is 19.4 Å². The monoisotopic (exact) mass is 530 g/mol. The summed E-state index contributed by atoms with van der Waals surface area (Å²) >= 11 is 0. The van der Waals surface area contributed by atoms with Gasteiger partial charge in [-0.3, -0.25) is 0 Å². The van der Waals surface area contributed by atoms with Gasteiger partial charge in [0.25, 0.3) is 10.0 Å². The second kappa shape index (κ2) is 10.4. The molecule has 0 unspecified atom stereocenters. The number of benzene rings is 2. The van der Waals surface area contributed by atoms with Gasteiger partial charge in [0.2, 0.25) is 17.7 Å². The van der Waals surface area contributed by atoms with Crippen LogP contribution in [0.5, 0.6) is 17.5 Å². The van der Waals surface area contributed by atoms with Gasteiger partial charge < -0.3 is 9.47 Å². The maximum absolute atomic E-state index is 13.5. The standard InChI is InChI=1S/C25H21F3N4O4S/c1-16(2)35-23-20(13-17(15-29-23)25(26,27)28)21-14-22(36-18-9-5-3-6-10-18)31-24(30-21)32-37(33,34)19-11-7-4-8-12-19/h3-16H,1-2H3,(H,30,31,32). The molecule has 2 heterocycles. The number of nitrogens with zero attached hydrogens (tertiary/aromatic N) is 3. The molecule has 2 aromatic carbocycles. The molecule has 0 saturated carbocycles. The third-order valence-corrected chi connectivity index (χ3v) is 6.09. The smallest absolute Gasteiger partial charge is 0.417 e. The van der Waals surface area contributed by atoms with Gasteiger partial charge in [0, 0.05) is 12.3 Å². The Bertz CT molecular complexity index is 1480. The quantitative estimate of drug-likeness (QED) is 0.301. The van der Waals surface area contributed by atoms with E-state index in [1.807, 2.05) is 0 Å². The Morgan fingerprint density at radius 1 is 0.919 bits per heavy atom. The summed E-state index contributed by atoms with van der Waals surface area (Å²) in [7, 11) is -4.12. The van der Waals surface area contributed by atoms with Crippen molar-refractivity contribution in [3.05, 3.63) is 84.6 Å². The van der Waals surface area contributed by atoms with Crippen LogP contribution in [0.15, 0.2) is 83.9 Å². The van der Waals surface area contributed by atoms with E-state index in [-0.39, 0.29) is 27.9 Å². The summed E-state index contributed by atoms with van der Waals surface area (Å²) in [5, 5.41) is 0. The highest BCUT2D eigenvalue weighted by Crippen LogP contribution is 2.37. The number of nitrogens with one attached hydrogen (secondary N) is 1. The molecule has 37 heavy (non-hydrogen) atoms. The zero-order chi connectivity index (χ0) is 26.6. The zero-order valence-corrected chi connectivity index (χ0v) is 20.4. The topological polar surface area (TPSA) is 103 Å².